The molecule has 0 aromatic heterocycles. The highest BCUT2D eigenvalue weighted by molar-refractivity contribution is 5.77. The first-order valence-electron chi connectivity index (χ1n) is 6.60. The summed E-state index contributed by atoms with van der Waals surface area (Å²) in [6.45, 7) is 9.26. The Bertz CT molecular complexity index is 666. The molecule has 0 radical (unpaired) electrons. The minimum absolute atomic E-state index is 0.376. The third-order valence-corrected chi connectivity index (χ3v) is 3.20. The maximum atomic E-state index is 13.4. The molecule has 1 unspecified atom stereocenters. The average Bonchev–Trinajstić information content (AvgIpc) is 2.47. The molecule has 1 N–H and O–H groups in total. The van der Waals surface area contributed by atoms with Gasteiger partial charge in [0.2, 0.25) is 0 Å². The minimum atomic E-state index is -0.947. The molecule has 1 atom stereocenters. The molecule has 0 saturated carbocycles. The maximum Gasteiger partial charge on any atom is 0.133 e. The molecule has 0 saturated heterocycles. The van der Waals surface area contributed by atoms with E-state index in [2.05, 4.69) is 13.2 Å². The van der Waals surface area contributed by atoms with Crippen molar-refractivity contribution in [3.8, 4) is 0 Å². The summed E-state index contributed by atoms with van der Waals surface area (Å²) in [5.41, 5.74) is 1.57. The smallest absolute Gasteiger partial charge is 0.133 e. The second-order valence-electron chi connectivity index (χ2n) is 4.52. The number of hydrogen-bond acceptors (Lipinski definition) is 2. The SMILES string of the molecule is C=CC1=C(c2cccc(F)c2)C(O)C(C=C)=C(/C=C\C)O1. The van der Waals surface area contributed by atoms with Gasteiger partial charge >= 0.3 is 0 Å². The first kappa shape index (κ1) is 15.0. The number of aliphatic hydroxyl groups is 1. The molecule has 0 fully saturated rings. The lowest BCUT2D eigenvalue weighted by Gasteiger charge is -2.27. The van der Waals surface area contributed by atoms with E-state index in [1.165, 1.54) is 18.2 Å². The van der Waals surface area contributed by atoms with Gasteiger partial charge in [0.05, 0.1) is 0 Å². The highest BCUT2D eigenvalue weighted by Crippen LogP contribution is 2.36. The van der Waals surface area contributed by atoms with Crippen molar-refractivity contribution < 1.29 is 14.2 Å². The molecule has 1 aromatic rings. The summed E-state index contributed by atoms with van der Waals surface area (Å²) in [6, 6.07) is 6.01. The van der Waals surface area contributed by atoms with Gasteiger partial charge < -0.3 is 9.84 Å². The van der Waals surface area contributed by atoms with E-state index in [-0.39, 0.29) is 5.82 Å². The van der Waals surface area contributed by atoms with Crippen molar-refractivity contribution in [2.45, 2.75) is 13.0 Å². The van der Waals surface area contributed by atoms with Crippen LogP contribution in [0.4, 0.5) is 4.39 Å². The zero-order chi connectivity index (χ0) is 15.4. The molecule has 0 aliphatic carbocycles. The highest BCUT2D eigenvalue weighted by atomic mass is 19.1. The predicted octanol–water partition coefficient (Wildman–Crippen LogP) is 4.13. The van der Waals surface area contributed by atoms with Gasteiger partial charge in [-0.05, 0) is 36.8 Å². The Morgan fingerprint density at radius 1 is 1.24 bits per heavy atom. The van der Waals surface area contributed by atoms with Crippen LogP contribution in [0.3, 0.4) is 0 Å². The number of allylic oxidation sites excluding steroid dienone is 3. The number of ether oxygens (including phenoxy) is 1. The van der Waals surface area contributed by atoms with Crippen molar-refractivity contribution in [1.82, 2.24) is 0 Å². The zero-order valence-electron chi connectivity index (χ0n) is 11.8. The van der Waals surface area contributed by atoms with Gasteiger partial charge in [-0.25, -0.2) is 4.39 Å². The van der Waals surface area contributed by atoms with Crippen LogP contribution in [0.1, 0.15) is 12.5 Å². The minimum Gasteiger partial charge on any atom is -0.457 e. The molecule has 1 aliphatic rings. The van der Waals surface area contributed by atoms with Crippen LogP contribution in [-0.4, -0.2) is 11.2 Å². The molecule has 1 aromatic carbocycles. The van der Waals surface area contributed by atoms with Crippen LogP contribution >= 0.6 is 0 Å². The lowest BCUT2D eigenvalue weighted by molar-refractivity contribution is 0.233. The van der Waals surface area contributed by atoms with Crippen molar-refractivity contribution in [1.29, 1.82) is 0 Å². The summed E-state index contributed by atoms with van der Waals surface area (Å²) in [5, 5.41) is 10.6. The number of halogens is 1. The van der Waals surface area contributed by atoms with Crippen LogP contribution in [0.25, 0.3) is 5.57 Å². The third kappa shape index (κ3) is 2.88. The standard InChI is InChI=1S/C18H17FO2/c1-4-8-16-14(5-2)18(20)17(15(6-3)21-16)12-9-7-10-13(19)11-12/h4-11,18,20H,2-3H2,1H3/b8-4-. The lowest BCUT2D eigenvalue weighted by atomic mass is 9.91. The van der Waals surface area contributed by atoms with Gasteiger partial charge in [-0.15, -0.1) is 0 Å². The van der Waals surface area contributed by atoms with E-state index in [0.717, 1.165) is 0 Å². The first-order valence-corrected chi connectivity index (χ1v) is 6.60. The van der Waals surface area contributed by atoms with E-state index < -0.39 is 6.10 Å². The Balaban J connectivity index is 2.59. The summed E-state index contributed by atoms with van der Waals surface area (Å²) >= 11 is 0. The average molecular weight is 284 g/mol. The molecular formula is C18H17FO2. The van der Waals surface area contributed by atoms with Crippen LogP contribution < -0.4 is 0 Å². The molecule has 1 aliphatic heterocycles. The lowest BCUT2D eigenvalue weighted by Crippen LogP contribution is -2.20. The Kier molecular flexibility index (Phi) is 4.55. The summed E-state index contributed by atoms with van der Waals surface area (Å²) in [7, 11) is 0. The summed E-state index contributed by atoms with van der Waals surface area (Å²) in [5.74, 6) is 0.542. The Labute approximate surface area is 123 Å². The fourth-order valence-corrected chi connectivity index (χ4v) is 2.26. The van der Waals surface area contributed by atoms with Gasteiger partial charge in [0, 0.05) is 11.1 Å². The number of rotatable bonds is 4. The quantitative estimate of drug-likeness (QED) is 0.900. The molecule has 108 valence electrons. The first-order chi connectivity index (χ1) is 10.1. The maximum absolute atomic E-state index is 13.4. The largest absolute Gasteiger partial charge is 0.457 e. The molecule has 1 heterocycles. The van der Waals surface area contributed by atoms with Gasteiger partial charge in [0.15, 0.2) is 0 Å². The van der Waals surface area contributed by atoms with Crippen molar-refractivity contribution >= 4 is 5.57 Å². The van der Waals surface area contributed by atoms with Gasteiger partial charge in [0.1, 0.15) is 23.4 Å². The van der Waals surface area contributed by atoms with Gasteiger partial charge in [0.25, 0.3) is 0 Å². The summed E-state index contributed by atoms with van der Waals surface area (Å²) in [4.78, 5) is 0. The van der Waals surface area contributed by atoms with Crippen LogP contribution in [0.2, 0.25) is 0 Å². The highest BCUT2D eigenvalue weighted by Gasteiger charge is 2.28. The van der Waals surface area contributed by atoms with Crippen molar-refractivity contribution in [3.63, 3.8) is 0 Å². The normalized spacial score (nSPS) is 18.9. The topological polar surface area (TPSA) is 29.5 Å². The number of aliphatic hydroxyl groups excluding tert-OH is 1. The Morgan fingerprint density at radius 3 is 2.57 bits per heavy atom. The van der Waals surface area contributed by atoms with Gasteiger partial charge in [-0.3, -0.25) is 0 Å². The number of benzene rings is 1. The zero-order valence-corrected chi connectivity index (χ0v) is 11.8. The number of hydrogen-bond donors (Lipinski definition) is 1. The second-order valence-corrected chi connectivity index (χ2v) is 4.52. The molecule has 2 rings (SSSR count). The Hall–Kier alpha value is -2.39. The second kappa shape index (κ2) is 6.37. The van der Waals surface area contributed by atoms with Crippen LogP contribution in [0.5, 0.6) is 0 Å². The fraction of sp³-hybridized carbons (Fsp3) is 0.111. The summed E-state index contributed by atoms with van der Waals surface area (Å²) in [6.07, 6.45) is 5.65. The summed E-state index contributed by atoms with van der Waals surface area (Å²) < 4.78 is 19.2. The van der Waals surface area contributed by atoms with E-state index in [1.807, 2.05) is 6.92 Å². The van der Waals surface area contributed by atoms with E-state index in [0.29, 0.717) is 28.2 Å². The fourth-order valence-electron chi connectivity index (χ4n) is 2.26. The monoisotopic (exact) mass is 284 g/mol. The van der Waals surface area contributed by atoms with Gasteiger partial charge in [-0.1, -0.05) is 37.4 Å². The molecule has 0 spiro atoms. The van der Waals surface area contributed by atoms with Crippen LogP contribution in [0.15, 0.2) is 78.8 Å². The van der Waals surface area contributed by atoms with Crippen LogP contribution in [0, 0.1) is 5.82 Å². The molecule has 0 bridgehead atoms. The third-order valence-electron chi connectivity index (χ3n) is 3.20. The Morgan fingerprint density at radius 2 is 2.00 bits per heavy atom. The molecule has 2 nitrogen and oxygen atoms in total. The molecular weight excluding hydrogens is 267 g/mol. The van der Waals surface area contributed by atoms with Gasteiger partial charge in [-0.2, -0.15) is 0 Å². The molecule has 0 amide bonds. The van der Waals surface area contributed by atoms with E-state index in [4.69, 9.17) is 4.74 Å². The van der Waals surface area contributed by atoms with E-state index in [1.54, 1.807) is 30.4 Å². The van der Waals surface area contributed by atoms with Crippen LogP contribution in [-0.2, 0) is 4.74 Å². The van der Waals surface area contributed by atoms with Crippen molar-refractivity contribution in [2.24, 2.45) is 0 Å². The predicted molar refractivity (Wildman–Crippen MR) is 82.6 cm³/mol. The van der Waals surface area contributed by atoms with Crippen molar-refractivity contribution in [2.75, 3.05) is 0 Å². The molecule has 3 heteroatoms. The van der Waals surface area contributed by atoms with Crippen molar-refractivity contribution in [3.05, 3.63) is 90.2 Å². The molecule has 21 heavy (non-hydrogen) atoms. The van der Waals surface area contributed by atoms with E-state index >= 15 is 0 Å². The van der Waals surface area contributed by atoms with E-state index in [9.17, 15) is 9.50 Å².